The molecule has 0 unspecified atom stereocenters. The van der Waals surface area contributed by atoms with E-state index in [1.807, 2.05) is 0 Å². The highest BCUT2D eigenvalue weighted by Gasteiger charge is 2.28. The van der Waals surface area contributed by atoms with Gasteiger partial charge in [-0.1, -0.05) is 19.3 Å². The van der Waals surface area contributed by atoms with Crippen molar-refractivity contribution in [1.82, 2.24) is 14.9 Å². The van der Waals surface area contributed by atoms with Gasteiger partial charge in [0.2, 0.25) is 0 Å². The quantitative estimate of drug-likeness (QED) is 0.662. The van der Waals surface area contributed by atoms with E-state index in [1.165, 1.54) is 31.7 Å². The Kier molecular flexibility index (Phi) is 5.08. The molecule has 5 nitrogen and oxygen atoms in total. The molecule has 0 amide bonds. The van der Waals surface area contributed by atoms with Gasteiger partial charge in [-0.2, -0.15) is 13.2 Å². The molecule has 118 valence electrons. The Morgan fingerprint density at radius 2 is 2.10 bits per heavy atom. The number of guanidine groups is 1. The summed E-state index contributed by atoms with van der Waals surface area (Å²) in [7, 11) is 0. The zero-order valence-corrected chi connectivity index (χ0v) is 11.7. The van der Waals surface area contributed by atoms with Crippen molar-refractivity contribution in [2.75, 3.05) is 0 Å². The fourth-order valence-electron chi connectivity index (χ4n) is 2.49. The van der Waals surface area contributed by atoms with Crippen LogP contribution in [0.1, 0.15) is 37.9 Å². The van der Waals surface area contributed by atoms with E-state index in [0.717, 1.165) is 17.4 Å². The Morgan fingerprint density at radius 3 is 2.76 bits per heavy atom. The highest BCUT2D eigenvalue weighted by atomic mass is 19.4. The van der Waals surface area contributed by atoms with E-state index in [-0.39, 0.29) is 18.3 Å². The van der Waals surface area contributed by atoms with E-state index < -0.39 is 12.7 Å². The number of hydrogen-bond donors (Lipinski definition) is 2. The molecule has 1 fully saturated rings. The van der Waals surface area contributed by atoms with Crippen molar-refractivity contribution in [2.24, 2.45) is 10.7 Å². The molecule has 0 bridgehead atoms. The van der Waals surface area contributed by atoms with Crippen molar-refractivity contribution in [1.29, 1.82) is 0 Å². The first kappa shape index (κ1) is 15.7. The van der Waals surface area contributed by atoms with Gasteiger partial charge in [0, 0.05) is 18.4 Å². The molecular weight excluding hydrogens is 283 g/mol. The number of nitrogens with one attached hydrogen (secondary N) is 1. The summed E-state index contributed by atoms with van der Waals surface area (Å²) in [6, 6.07) is 0.317. The van der Waals surface area contributed by atoms with Gasteiger partial charge in [-0.15, -0.1) is 0 Å². The molecular formula is C13H20F3N5. The van der Waals surface area contributed by atoms with Crippen LogP contribution in [0, 0.1) is 0 Å². The van der Waals surface area contributed by atoms with Gasteiger partial charge >= 0.3 is 6.18 Å². The van der Waals surface area contributed by atoms with E-state index >= 15 is 0 Å². The third-order valence-corrected chi connectivity index (χ3v) is 3.50. The molecule has 0 spiro atoms. The van der Waals surface area contributed by atoms with E-state index in [9.17, 15) is 13.2 Å². The third-order valence-electron chi connectivity index (χ3n) is 3.50. The minimum atomic E-state index is -4.27. The maximum atomic E-state index is 12.4. The maximum Gasteiger partial charge on any atom is 0.406 e. The van der Waals surface area contributed by atoms with Gasteiger partial charge in [-0.3, -0.25) is 0 Å². The normalized spacial score (nSPS) is 18.0. The Balaban J connectivity index is 1.89. The summed E-state index contributed by atoms with van der Waals surface area (Å²) in [5, 5.41) is 3.12. The molecule has 0 aliphatic heterocycles. The predicted molar refractivity (Wildman–Crippen MR) is 73.6 cm³/mol. The van der Waals surface area contributed by atoms with Gasteiger partial charge in [-0.25, -0.2) is 9.98 Å². The van der Waals surface area contributed by atoms with Gasteiger partial charge in [0.25, 0.3) is 0 Å². The fourth-order valence-corrected chi connectivity index (χ4v) is 2.49. The minimum Gasteiger partial charge on any atom is -0.370 e. The number of alkyl halides is 3. The number of hydrogen-bond acceptors (Lipinski definition) is 2. The number of rotatable bonds is 4. The van der Waals surface area contributed by atoms with Gasteiger partial charge < -0.3 is 15.6 Å². The molecule has 0 aromatic carbocycles. The topological polar surface area (TPSA) is 68.2 Å². The van der Waals surface area contributed by atoms with Crippen LogP contribution in [-0.4, -0.2) is 27.7 Å². The number of imidazole rings is 1. The average molecular weight is 303 g/mol. The van der Waals surface area contributed by atoms with Crippen molar-refractivity contribution in [3.8, 4) is 0 Å². The number of halogens is 3. The molecule has 2 rings (SSSR count). The van der Waals surface area contributed by atoms with Gasteiger partial charge in [0.1, 0.15) is 18.9 Å². The van der Waals surface area contributed by atoms with Crippen LogP contribution < -0.4 is 11.1 Å². The predicted octanol–water partition coefficient (Wildman–Crippen LogP) is 2.18. The molecule has 21 heavy (non-hydrogen) atoms. The highest BCUT2D eigenvalue weighted by Crippen LogP contribution is 2.19. The minimum absolute atomic E-state index is 0.0363. The summed E-state index contributed by atoms with van der Waals surface area (Å²) in [5.74, 6) is 0.518. The zero-order chi connectivity index (χ0) is 15.3. The standard InChI is InChI=1S/C13H20F3N5/c14-13(15,16)9-21-7-6-18-11(21)8-19-12(17)20-10-4-2-1-3-5-10/h6-7,10H,1-5,8-9H2,(H3,17,19,20). The molecule has 1 heterocycles. The van der Waals surface area contributed by atoms with Crippen LogP contribution in [-0.2, 0) is 13.1 Å². The molecule has 8 heteroatoms. The Hall–Kier alpha value is -1.73. The molecule has 0 saturated heterocycles. The van der Waals surface area contributed by atoms with Crippen LogP contribution >= 0.6 is 0 Å². The van der Waals surface area contributed by atoms with Crippen molar-refractivity contribution in [3.63, 3.8) is 0 Å². The SMILES string of the molecule is NC(=NCc1nccn1CC(F)(F)F)NC1CCCCC1. The number of nitrogens with two attached hydrogens (primary N) is 1. The highest BCUT2D eigenvalue weighted by molar-refractivity contribution is 5.78. The van der Waals surface area contributed by atoms with Gasteiger partial charge in [-0.05, 0) is 12.8 Å². The Morgan fingerprint density at radius 1 is 1.38 bits per heavy atom. The largest absolute Gasteiger partial charge is 0.406 e. The van der Waals surface area contributed by atoms with Crippen LogP contribution in [0.15, 0.2) is 17.4 Å². The van der Waals surface area contributed by atoms with Crippen LogP contribution in [0.5, 0.6) is 0 Å². The number of aliphatic imine (C=N–C) groups is 1. The van der Waals surface area contributed by atoms with Crippen LogP contribution in [0.2, 0.25) is 0 Å². The Labute approximate surface area is 121 Å². The average Bonchev–Trinajstić information content (AvgIpc) is 2.82. The number of nitrogens with zero attached hydrogens (tertiary/aromatic N) is 3. The molecule has 1 aliphatic rings. The van der Waals surface area contributed by atoms with E-state index in [0.29, 0.717) is 6.04 Å². The molecule has 3 N–H and O–H groups in total. The van der Waals surface area contributed by atoms with Gasteiger partial charge in [0.05, 0.1) is 0 Å². The summed E-state index contributed by atoms with van der Waals surface area (Å²) in [6.07, 6.45) is 4.04. The Bertz CT molecular complexity index is 474. The third kappa shape index (κ3) is 5.28. The second-order valence-corrected chi connectivity index (χ2v) is 5.27. The van der Waals surface area contributed by atoms with E-state index in [1.54, 1.807) is 0 Å². The lowest BCUT2D eigenvalue weighted by Gasteiger charge is -2.23. The first-order valence-electron chi connectivity index (χ1n) is 7.07. The first-order valence-corrected chi connectivity index (χ1v) is 7.07. The fraction of sp³-hybridized carbons (Fsp3) is 0.692. The molecule has 1 aromatic heterocycles. The van der Waals surface area contributed by atoms with Gasteiger partial charge in [0.15, 0.2) is 5.96 Å². The summed E-state index contributed by atoms with van der Waals surface area (Å²) in [6.45, 7) is -1.03. The molecule has 1 saturated carbocycles. The lowest BCUT2D eigenvalue weighted by atomic mass is 9.96. The zero-order valence-electron chi connectivity index (χ0n) is 11.7. The second-order valence-electron chi connectivity index (χ2n) is 5.27. The van der Waals surface area contributed by atoms with Crippen molar-refractivity contribution >= 4 is 5.96 Å². The summed E-state index contributed by atoms with van der Waals surface area (Å²) in [4.78, 5) is 7.98. The molecule has 1 aromatic rings. The van der Waals surface area contributed by atoms with Crippen molar-refractivity contribution in [2.45, 2.75) is 57.4 Å². The van der Waals surface area contributed by atoms with E-state index in [2.05, 4.69) is 15.3 Å². The molecule has 0 radical (unpaired) electrons. The smallest absolute Gasteiger partial charge is 0.370 e. The van der Waals surface area contributed by atoms with Crippen LogP contribution in [0.4, 0.5) is 13.2 Å². The lowest BCUT2D eigenvalue weighted by molar-refractivity contribution is -0.141. The second kappa shape index (κ2) is 6.82. The summed E-state index contributed by atoms with van der Waals surface area (Å²) in [5.41, 5.74) is 5.78. The monoisotopic (exact) mass is 303 g/mol. The molecule has 0 atom stereocenters. The van der Waals surface area contributed by atoms with Crippen LogP contribution in [0.25, 0.3) is 0 Å². The van der Waals surface area contributed by atoms with Crippen molar-refractivity contribution < 1.29 is 13.2 Å². The number of aromatic nitrogens is 2. The maximum absolute atomic E-state index is 12.4. The molecule has 1 aliphatic carbocycles. The summed E-state index contributed by atoms with van der Waals surface area (Å²) < 4.78 is 38.2. The summed E-state index contributed by atoms with van der Waals surface area (Å²) >= 11 is 0. The van der Waals surface area contributed by atoms with Crippen molar-refractivity contribution in [3.05, 3.63) is 18.2 Å². The van der Waals surface area contributed by atoms with E-state index in [4.69, 9.17) is 5.73 Å². The lowest BCUT2D eigenvalue weighted by Crippen LogP contribution is -2.41. The van der Waals surface area contributed by atoms with Crippen LogP contribution in [0.3, 0.4) is 0 Å². The first-order chi connectivity index (χ1) is 9.94.